The molecule has 0 N–H and O–H groups in total. The van der Waals surface area contributed by atoms with E-state index in [9.17, 15) is 19.2 Å². The lowest BCUT2D eigenvalue weighted by Gasteiger charge is -2.31. The minimum absolute atomic E-state index is 0.0952. The van der Waals surface area contributed by atoms with Crippen molar-refractivity contribution in [2.75, 3.05) is 0 Å². The van der Waals surface area contributed by atoms with Crippen molar-refractivity contribution in [2.45, 2.75) is 0 Å². The van der Waals surface area contributed by atoms with Crippen LogP contribution in [0.3, 0.4) is 0 Å². The SMILES string of the molecule is O=c1c2ccccc2n2c3ccc(-c4ccc5c(c4)Oc4cc(-c6ccc7c(c6)c(=O)c6cccc8c(=O)c9ccccc9n7c86)ccc4B5c4c(-c5ccccc5)cc(-c5ccccc5)cc4-c4ccccc4)cc3c(=O)c3cccc1c32. The first kappa shape index (κ1) is 47.6. The molecule has 8 heteroatoms. The van der Waals surface area contributed by atoms with Crippen molar-refractivity contribution in [3.05, 3.63) is 302 Å². The van der Waals surface area contributed by atoms with E-state index in [4.69, 9.17) is 4.74 Å². The quantitative estimate of drug-likeness (QED) is 0.0941. The average molecular weight is 1080 g/mol. The van der Waals surface area contributed by atoms with Gasteiger partial charge in [0.1, 0.15) is 11.5 Å². The lowest BCUT2D eigenvalue weighted by molar-refractivity contribution is 0.488. The van der Waals surface area contributed by atoms with Crippen LogP contribution in [0.2, 0.25) is 0 Å². The highest BCUT2D eigenvalue weighted by molar-refractivity contribution is 6.98. The summed E-state index contributed by atoms with van der Waals surface area (Å²) >= 11 is 0. The van der Waals surface area contributed by atoms with Crippen LogP contribution in [0.15, 0.2) is 280 Å². The molecule has 1 aliphatic rings. The first-order valence-corrected chi connectivity index (χ1v) is 28.2. The van der Waals surface area contributed by atoms with Gasteiger partial charge in [0.2, 0.25) is 0 Å². The molecule has 390 valence electrons. The summed E-state index contributed by atoms with van der Waals surface area (Å²) in [4.78, 5) is 57.2. The normalized spacial score (nSPS) is 12.3. The van der Waals surface area contributed by atoms with E-state index < -0.39 is 0 Å². The van der Waals surface area contributed by atoms with Crippen LogP contribution in [0.25, 0.3) is 132 Å². The van der Waals surface area contributed by atoms with Gasteiger partial charge in [-0.3, -0.25) is 19.2 Å². The number of para-hydroxylation sites is 4. The number of aromatic nitrogens is 2. The van der Waals surface area contributed by atoms with Gasteiger partial charge in [0.15, 0.2) is 21.7 Å². The molecular weight excluding hydrogens is 1030 g/mol. The van der Waals surface area contributed by atoms with E-state index in [-0.39, 0.29) is 28.4 Å². The average Bonchev–Trinajstić information content (AvgIpc) is 1.21. The summed E-state index contributed by atoms with van der Waals surface area (Å²) in [5, 5.41) is 4.25. The summed E-state index contributed by atoms with van der Waals surface area (Å²) < 4.78 is 11.4. The zero-order valence-electron chi connectivity index (χ0n) is 44.8. The van der Waals surface area contributed by atoms with Crippen LogP contribution in [0, 0.1) is 0 Å². The van der Waals surface area contributed by atoms with Gasteiger partial charge in [0, 0.05) is 43.1 Å². The molecule has 0 spiro atoms. The summed E-state index contributed by atoms with van der Waals surface area (Å²) in [6.45, 7) is -0.350. The highest BCUT2D eigenvalue weighted by Gasteiger charge is 2.37. The minimum Gasteiger partial charge on any atom is -0.458 e. The third kappa shape index (κ3) is 6.95. The third-order valence-corrected chi connectivity index (χ3v) is 17.5. The van der Waals surface area contributed by atoms with Crippen LogP contribution in [-0.2, 0) is 0 Å². The highest BCUT2D eigenvalue weighted by atomic mass is 16.5. The van der Waals surface area contributed by atoms with Crippen molar-refractivity contribution >= 4 is 99.3 Å². The molecule has 84 heavy (non-hydrogen) atoms. The number of pyridine rings is 4. The maximum atomic E-state index is 14.7. The van der Waals surface area contributed by atoms with Crippen LogP contribution < -0.4 is 42.8 Å². The Kier molecular flexibility index (Phi) is 10.3. The van der Waals surface area contributed by atoms with E-state index in [1.165, 1.54) is 0 Å². The minimum atomic E-state index is -0.350. The van der Waals surface area contributed by atoms with Crippen molar-refractivity contribution in [3.8, 4) is 67.1 Å². The number of benzene rings is 12. The molecule has 0 saturated carbocycles. The molecule has 5 heterocycles. The molecule has 0 amide bonds. The Bertz CT molecular complexity index is 5420. The van der Waals surface area contributed by atoms with Crippen LogP contribution >= 0.6 is 0 Å². The Morgan fingerprint density at radius 2 is 0.607 bits per heavy atom. The number of rotatable bonds is 6. The van der Waals surface area contributed by atoms with E-state index in [0.717, 1.165) is 83.1 Å². The Labute approximate surface area is 479 Å². The van der Waals surface area contributed by atoms with Gasteiger partial charge < -0.3 is 13.5 Å². The van der Waals surface area contributed by atoms with Crippen molar-refractivity contribution in [3.63, 3.8) is 0 Å². The molecule has 0 fully saturated rings. The second-order valence-electron chi connectivity index (χ2n) is 22.0. The molecule has 0 saturated heterocycles. The Morgan fingerprint density at radius 3 is 1.05 bits per heavy atom. The monoisotopic (exact) mass is 1070 g/mol. The number of ether oxygens (including phenoxy) is 1. The van der Waals surface area contributed by atoms with Crippen molar-refractivity contribution < 1.29 is 4.74 Å². The summed E-state index contributed by atoms with van der Waals surface area (Å²) in [7, 11) is 0. The lowest BCUT2D eigenvalue weighted by atomic mass is 9.34. The maximum Gasteiger partial charge on any atom is 0.252 e. The molecule has 17 rings (SSSR count). The second kappa shape index (κ2) is 18.1. The fourth-order valence-corrected chi connectivity index (χ4v) is 13.7. The Balaban J connectivity index is 0.900. The summed E-state index contributed by atoms with van der Waals surface area (Å²) in [6.07, 6.45) is 0. The predicted molar refractivity (Wildman–Crippen MR) is 346 cm³/mol. The lowest BCUT2D eigenvalue weighted by Crippen LogP contribution is -2.56. The van der Waals surface area contributed by atoms with Gasteiger partial charge in [0.25, 0.3) is 6.71 Å². The van der Waals surface area contributed by atoms with Crippen molar-refractivity contribution in [1.82, 2.24) is 8.80 Å². The molecular formula is C76H43BN2O5. The number of fused-ring (bicyclic) bond motifs is 10. The van der Waals surface area contributed by atoms with Crippen LogP contribution in [0.1, 0.15) is 0 Å². The third-order valence-electron chi connectivity index (χ3n) is 17.5. The van der Waals surface area contributed by atoms with Crippen LogP contribution in [0.4, 0.5) is 0 Å². The number of hydrogen-bond acceptors (Lipinski definition) is 5. The summed E-state index contributed by atoms with van der Waals surface area (Å²) in [6, 6.07) is 87.3. The standard InChI is InChI=1S/C76H43BN2O5/c80-73-52-22-10-12-28-64(52)78-66-36-32-47(38-60(66)75(82)56-26-14-24-54(73)71(56)78)49-30-34-62-68(42-49)84-69-43-50(48-33-37-67-61(39-48)76(83)57-27-15-25-55-72(57)79(67)65-29-13-11-23-53(65)74(55)81)31-35-63(69)77(62)70-58(45-18-6-2-7-19-45)40-51(44-16-4-1-5-17-44)41-59(70)46-20-8-3-9-21-46/h1-43H. The predicted octanol–water partition coefficient (Wildman–Crippen LogP) is 14.4. The first-order valence-electron chi connectivity index (χ1n) is 28.2. The highest BCUT2D eigenvalue weighted by Crippen LogP contribution is 2.39. The van der Waals surface area contributed by atoms with Gasteiger partial charge in [-0.25, -0.2) is 0 Å². The van der Waals surface area contributed by atoms with Gasteiger partial charge in [-0.15, -0.1) is 0 Å². The van der Waals surface area contributed by atoms with Gasteiger partial charge in [0.05, 0.1) is 33.1 Å². The van der Waals surface area contributed by atoms with E-state index in [0.29, 0.717) is 76.7 Å². The molecule has 0 atom stereocenters. The van der Waals surface area contributed by atoms with Crippen LogP contribution in [0.5, 0.6) is 11.5 Å². The zero-order valence-corrected chi connectivity index (χ0v) is 44.8. The van der Waals surface area contributed by atoms with E-state index in [1.54, 1.807) is 24.3 Å². The molecule has 1 aliphatic heterocycles. The molecule has 0 radical (unpaired) electrons. The van der Waals surface area contributed by atoms with Gasteiger partial charge in [-0.1, -0.05) is 169 Å². The topological polar surface area (TPSA) is 86.3 Å². The Morgan fingerprint density at radius 1 is 0.262 bits per heavy atom. The molecule has 12 aromatic carbocycles. The van der Waals surface area contributed by atoms with Gasteiger partial charge in [-0.05, 0) is 164 Å². The fraction of sp³-hybridized carbons (Fsp3) is 0. The molecule has 4 aromatic heterocycles. The Hall–Kier alpha value is -11.2. The van der Waals surface area contributed by atoms with Gasteiger partial charge in [-0.2, -0.15) is 0 Å². The molecule has 0 aliphatic carbocycles. The molecule has 0 bridgehead atoms. The number of hydrogen-bond donors (Lipinski definition) is 0. The first-order chi connectivity index (χ1) is 41.3. The van der Waals surface area contributed by atoms with Gasteiger partial charge >= 0.3 is 0 Å². The smallest absolute Gasteiger partial charge is 0.252 e. The fourth-order valence-electron chi connectivity index (χ4n) is 13.7. The molecule has 16 aromatic rings. The molecule has 7 nitrogen and oxygen atoms in total. The summed E-state index contributed by atoms with van der Waals surface area (Å²) in [5.41, 5.74) is 16.7. The van der Waals surface area contributed by atoms with E-state index in [1.807, 2.05) is 103 Å². The molecule has 0 unspecified atom stereocenters. The summed E-state index contributed by atoms with van der Waals surface area (Å²) in [5.74, 6) is 1.34. The van der Waals surface area contributed by atoms with E-state index in [2.05, 4.69) is 142 Å². The van der Waals surface area contributed by atoms with E-state index >= 15 is 0 Å². The van der Waals surface area contributed by atoms with Crippen LogP contribution in [-0.4, -0.2) is 15.5 Å². The largest absolute Gasteiger partial charge is 0.458 e. The maximum absolute atomic E-state index is 14.7. The van der Waals surface area contributed by atoms with Crippen molar-refractivity contribution in [2.24, 2.45) is 0 Å². The van der Waals surface area contributed by atoms with Crippen molar-refractivity contribution in [1.29, 1.82) is 0 Å². The second-order valence-corrected chi connectivity index (χ2v) is 22.0. The number of nitrogens with zero attached hydrogens (tertiary/aromatic N) is 2. The zero-order chi connectivity index (χ0) is 55.9.